The number of nitrogens with one attached hydrogen (secondary N) is 1. The predicted molar refractivity (Wildman–Crippen MR) is 61.6 cm³/mol. The smallest absolute Gasteiger partial charge is 0.320 e. The van der Waals surface area contributed by atoms with E-state index in [9.17, 15) is 4.39 Å². The lowest BCUT2D eigenvalue weighted by molar-refractivity contribution is 0.475. The molecule has 2 rings (SSSR count). The lowest BCUT2D eigenvalue weighted by Gasteiger charge is -2.02. The van der Waals surface area contributed by atoms with E-state index < -0.39 is 5.82 Å². The fourth-order valence-corrected chi connectivity index (χ4v) is 1.44. The molecule has 1 aromatic carbocycles. The van der Waals surface area contributed by atoms with Gasteiger partial charge in [0.05, 0.1) is 6.04 Å². The molecule has 0 radical (unpaired) electrons. The van der Waals surface area contributed by atoms with Crippen LogP contribution in [0.2, 0.25) is 5.02 Å². The monoisotopic (exact) mass is 256 g/mol. The van der Waals surface area contributed by atoms with Gasteiger partial charge in [-0.25, -0.2) is 4.39 Å². The Morgan fingerprint density at radius 3 is 2.76 bits per heavy atom. The molecule has 0 amide bonds. The van der Waals surface area contributed by atoms with Crippen molar-refractivity contribution in [3.63, 3.8) is 0 Å². The zero-order chi connectivity index (χ0) is 12.4. The van der Waals surface area contributed by atoms with Crippen LogP contribution >= 0.6 is 11.6 Å². The summed E-state index contributed by atoms with van der Waals surface area (Å²) in [5, 5.41) is 10.5. The number of nitrogens with zero attached hydrogens (tertiary/aromatic N) is 2. The Labute approximate surface area is 102 Å². The van der Waals surface area contributed by atoms with Crippen LogP contribution < -0.4 is 11.1 Å². The van der Waals surface area contributed by atoms with Crippen LogP contribution in [-0.4, -0.2) is 10.2 Å². The van der Waals surface area contributed by atoms with Crippen LogP contribution in [-0.2, 0) is 0 Å². The van der Waals surface area contributed by atoms with Gasteiger partial charge in [0.2, 0.25) is 5.89 Å². The summed E-state index contributed by atoms with van der Waals surface area (Å²) in [7, 11) is 0. The summed E-state index contributed by atoms with van der Waals surface area (Å²) < 4.78 is 18.3. The van der Waals surface area contributed by atoms with Crippen molar-refractivity contribution >= 4 is 23.3 Å². The summed E-state index contributed by atoms with van der Waals surface area (Å²) in [6, 6.07) is 3.80. The number of rotatable bonds is 3. The van der Waals surface area contributed by atoms with Gasteiger partial charge in [-0.05, 0) is 25.1 Å². The Balaban J connectivity index is 2.19. The highest BCUT2D eigenvalue weighted by Gasteiger charge is 2.10. The van der Waals surface area contributed by atoms with Gasteiger partial charge in [0, 0.05) is 10.7 Å². The molecule has 0 aliphatic rings. The molecule has 1 heterocycles. The first-order chi connectivity index (χ1) is 8.04. The second-order valence-electron chi connectivity index (χ2n) is 3.52. The number of hydrogen-bond donors (Lipinski definition) is 2. The molecule has 5 nitrogen and oxygen atoms in total. The number of hydrogen-bond acceptors (Lipinski definition) is 5. The standard InChI is InChI=1S/C10H10ClFN4O/c1-5(13)9-15-16-10(17-9)14-8-3-6(11)2-7(12)4-8/h2-5H,13H2,1H3,(H,14,16). The van der Waals surface area contributed by atoms with Gasteiger partial charge < -0.3 is 15.5 Å². The Kier molecular flexibility index (Phi) is 3.26. The molecular formula is C10H10ClFN4O. The lowest BCUT2D eigenvalue weighted by Crippen LogP contribution is -2.04. The first-order valence-corrected chi connectivity index (χ1v) is 5.24. The predicted octanol–water partition coefficient (Wildman–Crippen LogP) is 2.63. The maximum Gasteiger partial charge on any atom is 0.320 e. The minimum absolute atomic E-state index is 0.138. The average Bonchev–Trinajstić information content (AvgIpc) is 2.64. The molecule has 2 aromatic rings. The summed E-state index contributed by atoms with van der Waals surface area (Å²) in [4.78, 5) is 0. The molecule has 1 aromatic heterocycles. The molecular weight excluding hydrogens is 247 g/mol. The Morgan fingerprint density at radius 1 is 1.41 bits per heavy atom. The van der Waals surface area contributed by atoms with E-state index in [1.165, 1.54) is 12.1 Å². The molecule has 0 aliphatic heterocycles. The van der Waals surface area contributed by atoms with Crippen LogP contribution in [0.4, 0.5) is 16.1 Å². The molecule has 0 bridgehead atoms. The van der Waals surface area contributed by atoms with Crippen LogP contribution in [0.25, 0.3) is 0 Å². The average molecular weight is 257 g/mol. The van der Waals surface area contributed by atoms with E-state index >= 15 is 0 Å². The highest BCUT2D eigenvalue weighted by Crippen LogP contribution is 2.22. The van der Waals surface area contributed by atoms with Gasteiger partial charge >= 0.3 is 6.01 Å². The highest BCUT2D eigenvalue weighted by molar-refractivity contribution is 6.30. The first kappa shape index (κ1) is 11.8. The van der Waals surface area contributed by atoms with Crippen molar-refractivity contribution in [2.24, 2.45) is 5.73 Å². The normalized spacial score (nSPS) is 12.5. The minimum Gasteiger partial charge on any atom is -0.406 e. The number of nitrogens with two attached hydrogens (primary N) is 1. The molecule has 0 aliphatic carbocycles. The van der Waals surface area contributed by atoms with Crippen LogP contribution in [0, 0.1) is 5.82 Å². The molecule has 0 saturated carbocycles. The number of benzene rings is 1. The molecule has 0 saturated heterocycles. The third-order valence-electron chi connectivity index (χ3n) is 1.94. The van der Waals surface area contributed by atoms with Gasteiger partial charge in [-0.15, -0.1) is 5.10 Å². The number of anilines is 2. The topological polar surface area (TPSA) is 77.0 Å². The third kappa shape index (κ3) is 2.92. The molecule has 0 fully saturated rings. The largest absolute Gasteiger partial charge is 0.406 e. The summed E-state index contributed by atoms with van der Waals surface area (Å²) in [5.41, 5.74) is 5.99. The van der Waals surface area contributed by atoms with Gasteiger partial charge in [-0.1, -0.05) is 16.7 Å². The number of aromatic nitrogens is 2. The first-order valence-electron chi connectivity index (χ1n) is 4.86. The minimum atomic E-state index is -0.452. The zero-order valence-electron chi connectivity index (χ0n) is 8.95. The Hall–Kier alpha value is -1.66. The van der Waals surface area contributed by atoms with E-state index in [4.69, 9.17) is 21.8 Å². The van der Waals surface area contributed by atoms with Crippen LogP contribution in [0.3, 0.4) is 0 Å². The highest BCUT2D eigenvalue weighted by atomic mass is 35.5. The van der Waals surface area contributed by atoms with Crippen molar-refractivity contribution in [1.82, 2.24) is 10.2 Å². The van der Waals surface area contributed by atoms with Crippen molar-refractivity contribution in [1.29, 1.82) is 0 Å². The van der Waals surface area contributed by atoms with E-state index in [1.807, 2.05) is 0 Å². The van der Waals surface area contributed by atoms with Gasteiger partial charge in [0.1, 0.15) is 5.82 Å². The summed E-state index contributed by atoms with van der Waals surface area (Å²) in [6.07, 6.45) is 0. The Morgan fingerprint density at radius 2 is 2.18 bits per heavy atom. The van der Waals surface area contributed by atoms with E-state index in [2.05, 4.69) is 15.5 Å². The van der Waals surface area contributed by atoms with Gasteiger partial charge in [-0.2, -0.15) is 0 Å². The maximum absolute atomic E-state index is 13.1. The molecule has 7 heteroatoms. The molecule has 1 unspecified atom stereocenters. The quantitative estimate of drug-likeness (QED) is 0.883. The molecule has 0 spiro atoms. The van der Waals surface area contributed by atoms with Crippen molar-refractivity contribution in [3.05, 3.63) is 34.9 Å². The zero-order valence-corrected chi connectivity index (χ0v) is 9.70. The SMILES string of the molecule is CC(N)c1nnc(Nc2cc(F)cc(Cl)c2)o1. The third-order valence-corrected chi connectivity index (χ3v) is 2.16. The van der Waals surface area contributed by atoms with Crippen molar-refractivity contribution in [2.45, 2.75) is 13.0 Å². The van der Waals surface area contributed by atoms with Gasteiger partial charge in [0.15, 0.2) is 0 Å². The van der Waals surface area contributed by atoms with Crippen LogP contribution in [0.15, 0.2) is 22.6 Å². The maximum atomic E-state index is 13.1. The lowest BCUT2D eigenvalue weighted by atomic mass is 10.3. The molecule has 3 N–H and O–H groups in total. The number of halogens is 2. The molecule has 1 atom stereocenters. The van der Waals surface area contributed by atoms with E-state index in [-0.39, 0.29) is 17.1 Å². The molecule has 17 heavy (non-hydrogen) atoms. The van der Waals surface area contributed by atoms with Crippen LogP contribution in [0.5, 0.6) is 0 Å². The fraction of sp³-hybridized carbons (Fsp3) is 0.200. The second kappa shape index (κ2) is 4.68. The summed E-state index contributed by atoms with van der Waals surface area (Å²) in [6.45, 7) is 1.72. The van der Waals surface area contributed by atoms with E-state index in [1.54, 1.807) is 13.0 Å². The Bertz CT molecular complexity index is 509. The fourth-order valence-electron chi connectivity index (χ4n) is 1.22. The van der Waals surface area contributed by atoms with Crippen molar-refractivity contribution in [3.8, 4) is 0 Å². The van der Waals surface area contributed by atoms with Gasteiger partial charge in [0.25, 0.3) is 0 Å². The van der Waals surface area contributed by atoms with Crippen molar-refractivity contribution in [2.75, 3.05) is 5.32 Å². The summed E-state index contributed by atoms with van der Waals surface area (Å²) in [5.74, 6) is -0.151. The van der Waals surface area contributed by atoms with E-state index in [0.717, 1.165) is 0 Å². The summed E-state index contributed by atoms with van der Waals surface area (Å²) >= 11 is 5.71. The van der Waals surface area contributed by atoms with Crippen molar-refractivity contribution < 1.29 is 8.81 Å². The molecule has 90 valence electrons. The second-order valence-corrected chi connectivity index (χ2v) is 3.95. The van der Waals surface area contributed by atoms with Crippen LogP contribution in [0.1, 0.15) is 18.9 Å². The van der Waals surface area contributed by atoms with Gasteiger partial charge in [-0.3, -0.25) is 0 Å². The van der Waals surface area contributed by atoms with E-state index in [0.29, 0.717) is 11.6 Å².